The third-order valence-electron chi connectivity index (χ3n) is 3.68. The SMILES string of the molecule is CC1CCCC(N2CC(N)C2)CC1. The second-order valence-electron chi connectivity index (χ2n) is 4.98. The lowest BCUT2D eigenvalue weighted by molar-refractivity contribution is 0.0841. The van der Waals surface area contributed by atoms with Crippen LogP contribution in [-0.2, 0) is 0 Å². The van der Waals surface area contributed by atoms with Gasteiger partial charge >= 0.3 is 0 Å². The van der Waals surface area contributed by atoms with Gasteiger partial charge in [0, 0.05) is 25.2 Å². The Balaban J connectivity index is 1.79. The van der Waals surface area contributed by atoms with Crippen LogP contribution in [0, 0.1) is 5.92 Å². The minimum atomic E-state index is 0.473. The molecule has 2 rings (SSSR count). The maximum Gasteiger partial charge on any atom is 0.0297 e. The zero-order valence-electron chi connectivity index (χ0n) is 8.71. The van der Waals surface area contributed by atoms with Crippen LogP contribution < -0.4 is 5.73 Å². The van der Waals surface area contributed by atoms with E-state index in [4.69, 9.17) is 5.73 Å². The van der Waals surface area contributed by atoms with E-state index in [-0.39, 0.29) is 0 Å². The van der Waals surface area contributed by atoms with Gasteiger partial charge in [0.15, 0.2) is 0 Å². The van der Waals surface area contributed by atoms with Gasteiger partial charge in [-0.2, -0.15) is 0 Å². The van der Waals surface area contributed by atoms with Crippen LogP contribution in [0.2, 0.25) is 0 Å². The molecule has 2 fully saturated rings. The van der Waals surface area contributed by atoms with E-state index in [1.54, 1.807) is 0 Å². The summed E-state index contributed by atoms with van der Waals surface area (Å²) in [6.07, 6.45) is 7.12. The van der Waals surface area contributed by atoms with Crippen LogP contribution in [0.5, 0.6) is 0 Å². The first kappa shape index (κ1) is 9.47. The molecule has 2 heteroatoms. The van der Waals surface area contributed by atoms with Crippen molar-refractivity contribution in [3.63, 3.8) is 0 Å². The Morgan fingerprint density at radius 3 is 2.54 bits per heavy atom. The minimum absolute atomic E-state index is 0.473. The second kappa shape index (κ2) is 3.97. The lowest BCUT2D eigenvalue weighted by Crippen LogP contribution is -2.59. The summed E-state index contributed by atoms with van der Waals surface area (Å²) in [7, 11) is 0. The van der Waals surface area contributed by atoms with Crippen molar-refractivity contribution in [3.8, 4) is 0 Å². The maximum atomic E-state index is 5.80. The fourth-order valence-corrected chi connectivity index (χ4v) is 2.68. The van der Waals surface area contributed by atoms with Crippen LogP contribution in [0.25, 0.3) is 0 Å². The predicted molar refractivity (Wildman–Crippen MR) is 55.6 cm³/mol. The number of nitrogens with zero attached hydrogens (tertiary/aromatic N) is 1. The molecule has 1 heterocycles. The van der Waals surface area contributed by atoms with Gasteiger partial charge in [-0.1, -0.05) is 19.8 Å². The van der Waals surface area contributed by atoms with Crippen LogP contribution >= 0.6 is 0 Å². The summed E-state index contributed by atoms with van der Waals surface area (Å²) in [5, 5.41) is 0. The number of hydrogen-bond donors (Lipinski definition) is 1. The van der Waals surface area contributed by atoms with Crippen molar-refractivity contribution in [2.75, 3.05) is 13.1 Å². The van der Waals surface area contributed by atoms with Crippen LogP contribution in [0.15, 0.2) is 0 Å². The summed E-state index contributed by atoms with van der Waals surface area (Å²) in [4.78, 5) is 2.59. The number of rotatable bonds is 1. The Bertz CT molecular complexity index is 163. The summed E-state index contributed by atoms with van der Waals surface area (Å²) in [6, 6.07) is 1.34. The summed E-state index contributed by atoms with van der Waals surface area (Å²) in [6.45, 7) is 4.70. The van der Waals surface area contributed by atoms with E-state index in [1.165, 1.54) is 32.1 Å². The molecule has 0 spiro atoms. The molecule has 2 aliphatic rings. The molecular formula is C11H22N2. The molecule has 0 radical (unpaired) electrons. The Hall–Kier alpha value is -0.0800. The average molecular weight is 182 g/mol. The molecule has 0 aromatic heterocycles. The van der Waals surface area contributed by atoms with Crippen molar-refractivity contribution in [2.24, 2.45) is 11.7 Å². The monoisotopic (exact) mass is 182 g/mol. The molecule has 2 unspecified atom stereocenters. The summed E-state index contributed by atoms with van der Waals surface area (Å²) in [5.74, 6) is 0.958. The lowest BCUT2D eigenvalue weighted by Gasteiger charge is -2.42. The lowest BCUT2D eigenvalue weighted by atomic mass is 9.99. The van der Waals surface area contributed by atoms with Crippen molar-refractivity contribution in [3.05, 3.63) is 0 Å². The molecule has 0 amide bonds. The van der Waals surface area contributed by atoms with Crippen LogP contribution in [0.3, 0.4) is 0 Å². The van der Waals surface area contributed by atoms with Crippen molar-refractivity contribution < 1.29 is 0 Å². The first-order valence-corrected chi connectivity index (χ1v) is 5.75. The van der Waals surface area contributed by atoms with Gasteiger partial charge in [0.1, 0.15) is 0 Å². The summed E-state index contributed by atoms with van der Waals surface area (Å²) < 4.78 is 0. The first-order chi connectivity index (χ1) is 6.25. The average Bonchev–Trinajstić information content (AvgIpc) is 2.25. The van der Waals surface area contributed by atoms with Gasteiger partial charge in [-0.3, -0.25) is 4.90 Å². The first-order valence-electron chi connectivity index (χ1n) is 5.75. The summed E-state index contributed by atoms with van der Waals surface area (Å²) >= 11 is 0. The zero-order chi connectivity index (χ0) is 9.26. The van der Waals surface area contributed by atoms with E-state index < -0.39 is 0 Å². The van der Waals surface area contributed by atoms with Gasteiger partial charge in [-0.05, 0) is 25.2 Å². The quantitative estimate of drug-likeness (QED) is 0.624. The van der Waals surface area contributed by atoms with E-state index >= 15 is 0 Å². The molecule has 0 bridgehead atoms. The molecular weight excluding hydrogens is 160 g/mol. The van der Waals surface area contributed by atoms with Gasteiger partial charge in [0.25, 0.3) is 0 Å². The molecule has 2 nitrogen and oxygen atoms in total. The van der Waals surface area contributed by atoms with E-state index in [2.05, 4.69) is 11.8 Å². The second-order valence-corrected chi connectivity index (χ2v) is 4.98. The number of nitrogens with two attached hydrogens (primary N) is 1. The highest BCUT2D eigenvalue weighted by molar-refractivity contribution is 4.88. The highest BCUT2D eigenvalue weighted by atomic mass is 15.2. The Morgan fingerprint density at radius 2 is 1.85 bits per heavy atom. The van der Waals surface area contributed by atoms with Crippen LogP contribution in [0.4, 0.5) is 0 Å². The van der Waals surface area contributed by atoms with Gasteiger partial charge in [-0.15, -0.1) is 0 Å². The molecule has 1 saturated carbocycles. The molecule has 2 N–H and O–H groups in total. The van der Waals surface area contributed by atoms with Gasteiger partial charge in [0.05, 0.1) is 0 Å². The molecule has 1 saturated heterocycles. The zero-order valence-corrected chi connectivity index (χ0v) is 8.71. The molecule has 0 aromatic rings. The topological polar surface area (TPSA) is 29.3 Å². The molecule has 2 atom stereocenters. The molecule has 13 heavy (non-hydrogen) atoms. The molecule has 0 aromatic carbocycles. The predicted octanol–water partition coefficient (Wildman–Crippen LogP) is 1.60. The van der Waals surface area contributed by atoms with Crippen LogP contribution in [0.1, 0.15) is 39.0 Å². The number of hydrogen-bond acceptors (Lipinski definition) is 2. The standard InChI is InChI=1S/C11H22N2/c1-9-3-2-4-11(6-5-9)13-7-10(12)8-13/h9-11H,2-8,12H2,1H3. The van der Waals surface area contributed by atoms with E-state index in [0.717, 1.165) is 25.0 Å². The fourth-order valence-electron chi connectivity index (χ4n) is 2.68. The Labute approximate surface area is 81.5 Å². The molecule has 76 valence electrons. The largest absolute Gasteiger partial charge is 0.325 e. The third kappa shape index (κ3) is 2.23. The van der Waals surface area contributed by atoms with Gasteiger partial charge < -0.3 is 5.73 Å². The van der Waals surface area contributed by atoms with Crippen molar-refractivity contribution in [2.45, 2.75) is 51.1 Å². The highest BCUT2D eigenvalue weighted by Gasteiger charge is 2.30. The normalized spacial score (nSPS) is 38.3. The molecule has 1 aliphatic heterocycles. The van der Waals surface area contributed by atoms with Gasteiger partial charge in [-0.25, -0.2) is 0 Å². The van der Waals surface area contributed by atoms with E-state index in [9.17, 15) is 0 Å². The summed E-state index contributed by atoms with van der Waals surface area (Å²) in [5.41, 5.74) is 5.80. The Kier molecular flexibility index (Phi) is 2.89. The maximum absolute atomic E-state index is 5.80. The highest BCUT2D eigenvalue weighted by Crippen LogP contribution is 2.27. The molecule has 1 aliphatic carbocycles. The van der Waals surface area contributed by atoms with Gasteiger partial charge in [0.2, 0.25) is 0 Å². The third-order valence-corrected chi connectivity index (χ3v) is 3.68. The van der Waals surface area contributed by atoms with Crippen molar-refractivity contribution >= 4 is 0 Å². The smallest absolute Gasteiger partial charge is 0.0297 e. The number of likely N-dealkylation sites (tertiary alicyclic amines) is 1. The van der Waals surface area contributed by atoms with Crippen molar-refractivity contribution in [1.29, 1.82) is 0 Å². The van der Waals surface area contributed by atoms with Crippen LogP contribution in [-0.4, -0.2) is 30.1 Å². The minimum Gasteiger partial charge on any atom is -0.325 e. The van der Waals surface area contributed by atoms with E-state index in [0.29, 0.717) is 6.04 Å². The Morgan fingerprint density at radius 1 is 1.08 bits per heavy atom. The van der Waals surface area contributed by atoms with E-state index in [1.807, 2.05) is 0 Å². The van der Waals surface area contributed by atoms with Crippen molar-refractivity contribution in [1.82, 2.24) is 4.90 Å². The fraction of sp³-hybridized carbons (Fsp3) is 1.00.